The highest BCUT2D eigenvalue weighted by Gasteiger charge is 2.47. The second kappa shape index (κ2) is 19.8. The lowest BCUT2D eigenvalue weighted by molar-refractivity contribution is 1.17. The summed E-state index contributed by atoms with van der Waals surface area (Å²) in [6.45, 7) is -0.184. The van der Waals surface area contributed by atoms with E-state index in [1.165, 1.54) is 206 Å². The SMILES string of the molecule is c1cc2c(c(N3c4ccc(-n5c6ccccc6c6ccccc65)cc4B4c5cc6sc7ccccc7c6cc5N(c5cccc6c5-c5cc(-n7c8ccccc8c8ccccc87)ccc5C6)c5c4c3cc3c5sc4ccccc43)c1)-c1cc(-n3c4ccccc4c4ccccc43)ccc1C2. The van der Waals surface area contributed by atoms with Gasteiger partial charge in [-0.3, -0.25) is 0 Å². The summed E-state index contributed by atoms with van der Waals surface area (Å²) in [4.78, 5) is 5.50. The average Bonchev–Trinajstić information content (AvgIpc) is 1.13. The predicted octanol–water partition coefficient (Wildman–Crippen LogP) is 22.9. The Morgan fingerprint density at radius 1 is 0.260 bits per heavy atom. The van der Waals surface area contributed by atoms with E-state index in [1.807, 2.05) is 22.7 Å². The van der Waals surface area contributed by atoms with Crippen molar-refractivity contribution in [2.75, 3.05) is 9.80 Å². The molecule has 4 aliphatic rings. The molecule has 2 aliphatic heterocycles. The van der Waals surface area contributed by atoms with E-state index in [4.69, 9.17) is 0 Å². The Morgan fingerprint density at radius 3 is 1.18 bits per heavy atom. The first-order chi connectivity index (χ1) is 49.6. The smallest absolute Gasteiger partial charge is 0.252 e. The maximum atomic E-state index is 2.78. The molecule has 2 aliphatic carbocycles. The lowest BCUT2D eigenvalue weighted by Gasteiger charge is -2.45. The van der Waals surface area contributed by atoms with E-state index in [9.17, 15) is 0 Å². The number of anilines is 6. The van der Waals surface area contributed by atoms with Gasteiger partial charge in [0.05, 0.1) is 54.9 Å². The monoisotopic (exact) mass is 1300 g/mol. The molecule has 0 spiro atoms. The number of fused-ring (bicyclic) bond motifs is 26. The molecule has 100 heavy (non-hydrogen) atoms. The van der Waals surface area contributed by atoms with Gasteiger partial charge in [0.25, 0.3) is 6.71 Å². The van der Waals surface area contributed by atoms with Crippen molar-refractivity contribution >= 4 is 186 Å². The largest absolute Gasteiger partial charge is 0.311 e. The maximum Gasteiger partial charge on any atom is 0.252 e. The van der Waals surface area contributed by atoms with E-state index in [2.05, 4.69) is 327 Å². The summed E-state index contributed by atoms with van der Waals surface area (Å²) < 4.78 is 12.7. The van der Waals surface area contributed by atoms with Gasteiger partial charge in [0, 0.05) is 113 Å². The molecule has 0 bridgehead atoms. The van der Waals surface area contributed by atoms with E-state index in [1.54, 1.807) is 0 Å². The van der Waals surface area contributed by atoms with Crippen LogP contribution in [-0.4, -0.2) is 20.4 Å². The van der Waals surface area contributed by atoms with Gasteiger partial charge < -0.3 is 23.5 Å². The summed E-state index contributed by atoms with van der Waals surface area (Å²) in [5.74, 6) is 0. The van der Waals surface area contributed by atoms with Crippen LogP contribution in [0.4, 0.5) is 34.1 Å². The quantitative estimate of drug-likeness (QED) is 0.160. The third-order valence-electron chi connectivity index (χ3n) is 22.8. The zero-order valence-corrected chi connectivity index (χ0v) is 55.5. The second-order valence-corrected chi connectivity index (χ2v) is 29.9. The van der Waals surface area contributed by atoms with Crippen molar-refractivity contribution in [1.29, 1.82) is 0 Å². The van der Waals surface area contributed by atoms with Gasteiger partial charge in [-0.2, -0.15) is 0 Å². The minimum Gasteiger partial charge on any atom is -0.311 e. The summed E-state index contributed by atoms with van der Waals surface area (Å²) in [6.07, 6.45) is 1.69. The van der Waals surface area contributed by atoms with E-state index >= 15 is 0 Å². The van der Waals surface area contributed by atoms with Crippen LogP contribution in [-0.2, 0) is 12.8 Å². The van der Waals surface area contributed by atoms with Crippen molar-refractivity contribution < 1.29 is 0 Å². The third-order valence-corrected chi connectivity index (χ3v) is 25.1. The minimum atomic E-state index is -0.184. The van der Waals surface area contributed by atoms with Crippen LogP contribution in [0.25, 0.3) is 145 Å². The van der Waals surface area contributed by atoms with E-state index < -0.39 is 0 Å². The standard InChI is InChI=1S/C92H54BN5S2/c1-9-29-74-60(21-1)61-22-2-10-30-75(61)94(74)57-41-39-53-45-55-19-17-35-81(88(55)68(53)47-57)97-80-44-43-59(96-78-33-13-5-25-64(78)65-26-6-14-34-79(65)96)49-72(80)93-73-52-87-70(66-27-7-15-37-85(66)99-87)50-83(73)98(91-90(93)84(97)51-71-67-28-8-16-38-86(67)100-92(71)91)82-36-18-20-56-46-54-40-42-58(48-69(54)89(56)82)95-76-31-11-3-23-62(76)63-24-4-12-32-77(63)95/h1-44,47-52H,45-46H2. The molecule has 5 aromatic heterocycles. The second-order valence-electron chi connectivity index (χ2n) is 27.8. The van der Waals surface area contributed by atoms with Crippen molar-refractivity contribution in [2.24, 2.45) is 0 Å². The zero-order chi connectivity index (χ0) is 64.7. The number of hydrogen-bond donors (Lipinski definition) is 0. The molecule has 462 valence electrons. The summed E-state index contributed by atoms with van der Waals surface area (Å²) in [5.41, 5.74) is 32.4. The Balaban J connectivity index is 0.821. The third kappa shape index (κ3) is 7.10. The molecule has 15 aromatic carbocycles. The first-order valence-electron chi connectivity index (χ1n) is 34.8. The van der Waals surface area contributed by atoms with Crippen LogP contribution in [0.3, 0.4) is 0 Å². The van der Waals surface area contributed by atoms with Crippen molar-refractivity contribution in [1.82, 2.24) is 13.7 Å². The Morgan fingerprint density at radius 2 is 0.670 bits per heavy atom. The average molecular weight is 1300 g/mol. The van der Waals surface area contributed by atoms with Gasteiger partial charge in [0.2, 0.25) is 0 Å². The Labute approximate surface area is 582 Å². The van der Waals surface area contributed by atoms with Crippen molar-refractivity contribution in [3.05, 3.63) is 326 Å². The molecule has 5 nitrogen and oxygen atoms in total. The molecule has 0 atom stereocenters. The van der Waals surface area contributed by atoms with Crippen LogP contribution >= 0.6 is 22.7 Å². The Kier molecular flexibility index (Phi) is 10.7. The van der Waals surface area contributed by atoms with Crippen LogP contribution < -0.4 is 26.2 Å². The molecule has 20 aromatic rings. The molecule has 7 heterocycles. The van der Waals surface area contributed by atoms with Gasteiger partial charge in [0.15, 0.2) is 0 Å². The van der Waals surface area contributed by atoms with Crippen molar-refractivity contribution in [2.45, 2.75) is 12.8 Å². The predicted molar refractivity (Wildman–Crippen MR) is 426 cm³/mol. The highest BCUT2D eigenvalue weighted by molar-refractivity contribution is 7.27. The highest BCUT2D eigenvalue weighted by atomic mass is 32.1. The molecule has 0 radical (unpaired) electrons. The molecular formula is C92H54BN5S2. The number of hydrogen-bond acceptors (Lipinski definition) is 4. The lowest BCUT2D eigenvalue weighted by Crippen LogP contribution is -2.61. The van der Waals surface area contributed by atoms with Gasteiger partial charge in [-0.25, -0.2) is 0 Å². The van der Waals surface area contributed by atoms with Crippen LogP contribution in [0, 0.1) is 0 Å². The normalized spacial score (nSPS) is 13.5. The van der Waals surface area contributed by atoms with E-state index in [0.717, 1.165) is 24.2 Å². The van der Waals surface area contributed by atoms with Crippen molar-refractivity contribution in [3.63, 3.8) is 0 Å². The van der Waals surface area contributed by atoms with Gasteiger partial charge in [-0.05, 0) is 184 Å². The van der Waals surface area contributed by atoms with E-state index in [-0.39, 0.29) is 6.71 Å². The molecule has 0 amide bonds. The topological polar surface area (TPSA) is 21.3 Å². The Hall–Kier alpha value is -12.2. The summed E-state index contributed by atoms with van der Waals surface area (Å²) >= 11 is 3.87. The fourth-order valence-corrected chi connectivity index (χ4v) is 21.1. The van der Waals surface area contributed by atoms with E-state index in [0.29, 0.717) is 0 Å². The van der Waals surface area contributed by atoms with Crippen LogP contribution in [0.5, 0.6) is 0 Å². The van der Waals surface area contributed by atoms with Gasteiger partial charge in [-0.15, -0.1) is 22.7 Å². The number of nitrogens with zero attached hydrogens (tertiary/aromatic N) is 5. The first kappa shape index (κ1) is 53.9. The molecule has 24 rings (SSSR count). The number of para-hydroxylation sites is 6. The molecular weight excluding hydrogens is 1250 g/mol. The van der Waals surface area contributed by atoms with Crippen LogP contribution in [0.1, 0.15) is 22.3 Å². The fourth-order valence-electron chi connectivity index (χ4n) is 18.7. The number of aromatic nitrogens is 3. The highest BCUT2D eigenvalue weighted by Crippen LogP contribution is 2.57. The molecule has 0 N–H and O–H groups in total. The van der Waals surface area contributed by atoms with Crippen LogP contribution in [0.15, 0.2) is 303 Å². The van der Waals surface area contributed by atoms with Gasteiger partial charge >= 0.3 is 0 Å². The molecule has 0 saturated carbocycles. The van der Waals surface area contributed by atoms with Crippen LogP contribution in [0.2, 0.25) is 0 Å². The number of rotatable bonds is 5. The number of thiophene rings is 2. The number of benzene rings is 15. The van der Waals surface area contributed by atoms with Gasteiger partial charge in [0.1, 0.15) is 0 Å². The van der Waals surface area contributed by atoms with Gasteiger partial charge in [-0.1, -0.05) is 182 Å². The summed E-state index contributed by atoms with van der Waals surface area (Å²) in [7, 11) is 0. The minimum absolute atomic E-state index is 0.184. The maximum absolute atomic E-state index is 2.78. The molecule has 8 heteroatoms. The fraction of sp³-hybridized carbons (Fsp3) is 0.0217. The molecule has 0 fully saturated rings. The lowest BCUT2D eigenvalue weighted by atomic mass is 9.33. The van der Waals surface area contributed by atoms with Crippen molar-refractivity contribution in [3.8, 4) is 39.3 Å². The summed E-state index contributed by atoms with van der Waals surface area (Å²) in [5, 5.41) is 12.7. The first-order valence-corrected chi connectivity index (χ1v) is 36.4. The zero-order valence-electron chi connectivity index (χ0n) is 53.9. The Bertz CT molecular complexity index is 6930. The summed E-state index contributed by atoms with van der Waals surface area (Å²) in [6, 6.07) is 116. The molecule has 0 saturated heterocycles. The molecule has 0 unspecified atom stereocenters.